The molecule has 1 aliphatic carbocycles. The van der Waals surface area contributed by atoms with Crippen molar-refractivity contribution in [3.8, 4) is 0 Å². The van der Waals surface area contributed by atoms with E-state index in [1.807, 2.05) is 24.3 Å². The van der Waals surface area contributed by atoms with Gasteiger partial charge in [-0.2, -0.15) is 12.7 Å². The molecule has 1 saturated carbocycles. The van der Waals surface area contributed by atoms with Gasteiger partial charge in [0.25, 0.3) is 0 Å². The van der Waals surface area contributed by atoms with E-state index in [4.69, 9.17) is 0 Å². The standard InChI is InChI=1S/C26H34BrFN4O4S/c1-19(26(34)29-23-7-5-4-6-8-23)31(17-20-9-11-21(27)12-10-20)25(33)18-32(37(35,36)30(2)3)24-15-13-22(28)14-16-24/h9-16,19,23H,4-8,17-18H2,1-3H3,(H,29,34)/t19-/m0/s1. The van der Waals surface area contributed by atoms with Gasteiger partial charge >= 0.3 is 10.2 Å². The highest BCUT2D eigenvalue weighted by Crippen LogP contribution is 2.22. The molecule has 0 aliphatic heterocycles. The number of carbonyl (C=O) groups is 2. The maximum atomic E-state index is 13.7. The fourth-order valence-electron chi connectivity index (χ4n) is 4.26. The summed E-state index contributed by atoms with van der Waals surface area (Å²) in [4.78, 5) is 28.3. The number of anilines is 1. The van der Waals surface area contributed by atoms with Gasteiger partial charge < -0.3 is 10.2 Å². The third kappa shape index (κ3) is 7.75. The third-order valence-corrected chi connectivity index (χ3v) is 8.87. The Labute approximate surface area is 227 Å². The van der Waals surface area contributed by atoms with E-state index in [1.165, 1.54) is 31.1 Å². The predicted molar refractivity (Wildman–Crippen MR) is 146 cm³/mol. The fourth-order valence-corrected chi connectivity index (χ4v) is 5.58. The summed E-state index contributed by atoms with van der Waals surface area (Å²) in [5.74, 6) is -1.35. The molecule has 2 aromatic rings. The molecule has 8 nitrogen and oxygen atoms in total. The van der Waals surface area contributed by atoms with E-state index in [1.54, 1.807) is 6.92 Å². The second-order valence-electron chi connectivity index (χ2n) is 9.44. The van der Waals surface area contributed by atoms with Crippen LogP contribution in [-0.4, -0.2) is 62.2 Å². The molecule has 0 saturated heterocycles. The Bertz CT molecular complexity index is 1170. The molecule has 0 radical (unpaired) electrons. The highest BCUT2D eigenvalue weighted by molar-refractivity contribution is 9.10. The van der Waals surface area contributed by atoms with Gasteiger partial charge in [-0.15, -0.1) is 0 Å². The summed E-state index contributed by atoms with van der Waals surface area (Å²) in [6, 6.07) is 11.5. The van der Waals surface area contributed by atoms with Gasteiger partial charge in [0.1, 0.15) is 18.4 Å². The number of rotatable bonds is 10. The van der Waals surface area contributed by atoms with Crippen LogP contribution in [0, 0.1) is 5.82 Å². The highest BCUT2D eigenvalue weighted by Gasteiger charge is 2.33. The number of nitrogens with zero attached hydrogens (tertiary/aromatic N) is 3. The summed E-state index contributed by atoms with van der Waals surface area (Å²) in [5, 5.41) is 3.07. The second kappa shape index (κ2) is 12.8. The molecule has 1 fully saturated rings. The van der Waals surface area contributed by atoms with Crippen molar-refractivity contribution in [2.75, 3.05) is 24.9 Å². The predicted octanol–water partition coefficient (Wildman–Crippen LogP) is 4.07. The average molecular weight is 598 g/mol. The van der Waals surface area contributed by atoms with Crippen LogP contribution in [0.2, 0.25) is 0 Å². The summed E-state index contributed by atoms with van der Waals surface area (Å²) >= 11 is 3.40. The molecule has 1 N–H and O–H groups in total. The van der Waals surface area contributed by atoms with E-state index in [9.17, 15) is 22.4 Å². The highest BCUT2D eigenvalue weighted by atomic mass is 79.9. The van der Waals surface area contributed by atoms with E-state index in [0.717, 1.165) is 62.9 Å². The zero-order valence-corrected chi connectivity index (χ0v) is 23.8. The number of hydrogen-bond donors (Lipinski definition) is 1. The van der Waals surface area contributed by atoms with Crippen LogP contribution in [0.1, 0.15) is 44.6 Å². The smallest absolute Gasteiger partial charge is 0.304 e. The molecule has 1 atom stereocenters. The van der Waals surface area contributed by atoms with Crippen LogP contribution in [-0.2, 0) is 26.3 Å². The Kier molecular flexibility index (Phi) is 10.1. The van der Waals surface area contributed by atoms with E-state index in [-0.39, 0.29) is 24.2 Å². The van der Waals surface area contributed by atoms with Crippen LogP contribution >= 0.6 is 15.9 Å². The first-order valence-corrected chi connectivity index (χ1v) is 14.5. The minimum atomic E-state index is -4.09. The number of carbonyl (C=O) groups excluding carboxylic acids is 2. The molecule has 202 valence electrons. The van der Waals surface area contributed by atoms with Crippen LogP contribution in [0.4, 0.5) is 10.1 Å². The van der Waals surface area contributed by atoms with Crippen LogP contribution in [0.5, 0.6) is 0 Å². The van der Waals surface area contributed by atoms with Gasteiger partial charge in [-0.1, -0.05) is 47.3 Å². The minimum absolute atomic E-state index is 0.0677. The number of benzene rings is 2. The SMILES string of the molecule is C[C@@H](C(=O)NC1CCCCC1)N(Cc1ccc(Br)cc1)C(=O)CN(c1ccc(F)cc1)S(=O)(=O)N(C)C. The number of amides is 2. The van der Waals surface area contributed by atoms with E-state index < -0.39 is 34.5 Å². The topological polar surface area (TPSA) is 90.0 Å². The minimum Gasteiger partial charge on any atom is -0.352 e. The summed E-state index contributed by atoms with van der Waals surface area (Å²) < 4.78 is 42.6. The maximum absolute atomic E-state index is 13.7. The first-order valence-electron chi connectivity index (χ1n) is 12.3. The lowest BCUT2D eigenvalue weighted by Crippen LogP contribution is -2.53. The molecule has 0 unspecified atom stereocenters. The molecule has 0 heterocycles. The van der Waals surface area contributed by atoms with Gasteiger partial charge in [0.15, 0.2) is 0 Å². The van der Waals surface area contributed by atoms with Gasteiger partial charge in [0.2, 0.25) is 11.8 Å². The van der Waals surface area contributed by atoms with Crippen molar-refractivity contribution in [3.05, 3.63) is 64.4 Å². The Balaban J connectivity index is 1.90. The molecule has 3 rings (SSSR count). The molecule has 0 aromatic heterocycles. The lowest BCUT2D eigenvalue weighted by molar-refractivity contribution is -0.139. The van der Waals surface area contributed by atoms with E-state index >= 15 is 0 Å². The van der Waals surface area contributed by atoms with Crippen molar-refractivity contribution in [1.82, 2.24) is 14.5 Å². The summed E-state index contributed by atoms with van der Waals surface area (Å²) in [6.07, 6.45) is 5.05. The molecular weight excluding hydrogens is 563 g/mol. The van der Waals surface area contributed by atoms with Gasteiger partial charge in [0.05, 0.1) is 5.69 Å². The van der Waals surface area contributed by atoms with Gasteiger partial charge in [0, 0.05) is 31.2 Å². The normalized spacial score (nSPS) is 15.3. The van der Waals surface area contributed by atoms with Crippen molar-refractivity contribution in [2.24, 2.45) is 0 Å². The van der Waals surface area contributed by atoms with E-state index in [0.29, 0.717) is 0 Å². The monoisotopic (exact) mass is 596 g/mol. The lowest BCUT2D eigenvalue weighted by Gasteiger charge is -2.34. The first kappa shape index (κ1) is 29.1. The van der Waals surface area contributed by atoms with Crippen molar-refractivity contribution in [1.29, 1.82) is 0 Å². The number of hydrogen-bond acceptors (Lipinski definition) is 4. The molecule has 1 aliphatic rings. The lowest BCUT2D eigenvalue weighted by atomic mass is 9.95. The molecule has 0 bridgehead atoms. The summed E-state index contributed by atoms with van der Waals surface area (Å²) in [5.41, 5.74) is 0.934. The maximum Gasteiger partial charge on any atom is 0.304 e. The first-order chi connectivity index (χ1) is 17.5. The molecule has 2 amide bonds. The largest absolute Gasteiger partial charge is 0.352 e. The van der Waals surface area contributed by atoms with Gasteiger partial charge in [-0.3, -0.25) is 9.59 Å². The number of nitrogens with one attached hydrogen (secondary N) is 1. The average Bonchev–Trinajstić information content (AvgIpc) is 2.87. The molecule has 37 heavy (non-hydrogen) atoms. The quantitative estimate of drug-likeness (QED) is 0.448. The molecular formula is C26H34BrFN4O4S. The zero-order chi connectivity index (χ0) is 27.2. The van der Waals surface area contributed by atoms with Crippen LogP contribution < -0.4 is 9.62 Å². The van der Waals surface area contributed by atoms with E-state index in [2.05, 4.69) is 21.2 Å². The van der Waals surface area contributed by atoms with Crippen LogP contribution in [0.3, 0.4) is 0 Å². The second-order valence-corrected chi connectivity index (χ2v) is 12.4. The Hall–Kier alpha value is -2.50. The van der Waals surface area contributed by atoms with Gasteiger partial charge in [-0.05, 0) is 61.7 Å². The van der Waals surface area contributed by atoms with Crippen molar-refractivity contribution >= 4 is 43.6 Å². The summed E-state index contributed by atoms with van der Waals surface area (Å²) in [6.45, 7) is 1.21. The van der Waals surface area contributed by atoms with Crippen LogP contribution in [0.15, 0.2) is 53.0 Å². The molecule has 2 aromatic carbocycles. The third-order valence-electron chi connectivity index (χ3n) is 6.52. The molecule has 11 heteroatoms. The van der Waals surface area contributed by atoms with Crippen LogP contribution in [0.25, 0.3) is 0 Å². The Morgan fingerprint density at radius 2 is 1.62 bits per heavy atom. The van der Waals surface area contributed by atoms with Crippen molar-refractivity contribution in [3.63, 3.8) is 0 Å². The summed E-state index contributed by atoms with van der Waals surface area (Å²) in [7, 11) is -1.38. The zero-order valence-electron chi connectivity index (χ0n) is 21.4. The molecule has 0 spiro atoms. The van der Waals surface area contributed by atoms with Crippen molar-refractivity contribution < 1.29 is 22.4 Å². The van der Waals surface area contributed by atoms with Gasteiger partial charge in [-0.25, -0.2) is 8.70 Å². The number of halogens is 2. The van der Waals surface area contributed by atoms with Crippen molar-refractivity contribution in [2.45, 2.75) is 57.7 Å². The Morgan fingerprint density at radius 3 is 2.19 bits per heavy atom. The Morgan fingerprint density at radius 1 is 1.03 bits per heavy atom. The fraction of sp³-hybridized carbons (Fsp3) is 0.462.